The lowest BCUT2D eigenvalue weighted by molar-refractivity contribution is -0.136. The summed E-state index contributed by atoms with van der Waals surface area (Å²) >= 11 is 0. The van der Waals surface area contributed by atoms with Crippen molar-refractivity contribution in [2.24, 2.45) is 0 Å². The van der Waals surface area contributed by atoms with Crippen molar-refractivity contribution >= 4 is 11.9 Å². The fourth-order valence-electron chi connectivity index (χ4n) is 1.80. The van der Waals surface area contributed by atoms with Gasteiger partial charge >= 0.3 is 5.97 Å². The molecule has 1 saturated heterocycles. The highest BCUT2D eigenvalue weighted by molar-refractivity contribution is 5.90. The van der Waals surface area contributed by atoms with Gasteiger partial charge in [-0.1, -0.05) is 6.07 Å². The van der Waals surface area contributed by atoms with Crippen LogP contribution < -0.4 is 4.74 Å². The summed E-state index contributed by atoms with van der Waals surface area (Å²) in [4.78, 5) is 24.3. The number of benzene rings is 1. The van der Waals surface area contributed by atoms with E-state index in [0.717, 1.165) is 19.5 Å². The highest BCUT2D eigenvalue weighted by Crippen LogP contribution is 2.21. The number of carbonyl (C=O) groups is 2. The number of carbonyl (C=O) groups excluding carboxylic acids is 1. The number of carboxylic acids is 1. The Morgan fingerprint density at radius 3 is 2.67 bits per heavy atom. The van der Waals surface area contributed by atoms with Crippen molar-refractivity contribution in [2.75, 3.05) is 19.7 Å². The second-order valence-corrected chi connectivity index (χ2v) is 4.26. The Morgan fingerprint density at radius 1 is 1.39 bits per heavy atom. The van der Waals surface area contributed by atoms with Crippen molar-refractivity contribution < 1.29 is 19.4 Å². The molecule has 5 nitrogen and oxygen atoms in total. The fraction of sp³-hybridized carbons (Fsp3) is 0.385. The van der Waals surface area contributed by atoms with E-state index >= 15 is 0 Å². The van der Waals surface area contributed by atoms with Crippen LogP contribution >= 0.6 is 0 Å². The lowest BCUT2D eigenvalue weighted by Gasteiger charge is -2.30. The van der Waals surface area contributed by atoms with Gasteiger partial charge in [0.1, 0.15) is 5.75 Å². The maximum Gasteiger partial charge on any atom is 0.336 e. The first-order valence-electron chi connectivity index (χ1n) is 5.83. The number of hydrogen-bond acceptors (Lipinski definition) is 3. The molecule has 96 valence electrons. The zero-order valence-electron chi connectivity index (χ0n) is 10.2. The maximum absolute atomic E-state index is 11.6. The van der Waals surface area contributed by atoms with Crippen LogP contribution in [0, 0.1) is 6.92 Å². The molecule has 0 aliphatic carbocycles. The summed E-state index contributed by atoms with van der Waals surface area (Å²) in [6.45, 7) is 3.21. The third-order valence-corrected chi connectivity index (χ3v) is 3.07. The Morgan fingerprint density at radius 2 is 2.11 bits per heavy atom. The van der Waals surface area contributed by atoms with Gasteiger partial charge < -0.3 is 14.7 Å². The third-order valence-electron chi connectivity index (χ3n) is 3.07. The van der Waals surface area contributed by atoms with Gasteiger partial charge in [-0.25, -0.2) is 4.79 Å². The van der Waals surface area contributed by atoms with E-state index in [1.807, 2.05) is 0 Å². The van der Waals surface area contributed by atoms with E-state index in [9.17, 15) is 9.59 Å². The van der Waals surface area contributed by atoms with Crippen LogP contribution in [0.4, 0.5) is 0 Å². The molecule has 1 N–H and O–H groups in total. The third kappa shape index (κ3) is 2.45. The Bertz CT molecular complexity index is 480. The minimum absolute atomic E-state index is 0.0378. The van der Waals surface area contributed by atoms with Crippen LogP contribution in [0.1, 0.15) is 22.3 Å². The molecule has 0 saturated carbocycles. The Kier molecular flexibility index (Phi) is 3.50. The minimum atomic E-state index is -0.994. The van der Waals surface area contributed by atoms with Crippen LogP contribution in [0.5, 0.6) is 5.75 Å². The first-order valence-corrected chi connectivity index (χ1v) is 5.83. The largest absolute Gasteiger partial charge is 0.483 e. The van der Waals surface area contributed by atoms with Gasteiger partial charge in [0, 0.05) is 18.7 Å². The molecule has 1 aliphatic rings. The normalized spacial score (nSPS) is 13.9. The van der Waals surface area contributed by atoms with E-state index in [0.29, 0.717) is 11.3 Å². The average Bonchev–Trinajstić information content (AvgIpc) is 2.25. The number of hydrogen-bond donors (Lipinski definition) is 1. The van der Waals surface area contributed by atoms with E-state index in [1.54, 1.807) is 24.0 Å². The molecule has 1 fully saturated rings. The topological polar surface area (TPSA) is 66.8 Å². The molecule has 1 aromatic carbocycles. The van der Waals surface area contributed by atoms with Crippen molar-refractivity contribution in [3.8, 4) is 5.75 Å². The zero-order chi connectivity index (χ0) is 13.1. The number of carboxylic acid groups (broad SMARTS) is 1. The molecule has 0 spiro atoms. The van der Waals surface area contributed by atoms with Gasteiger partial charge in [0.25, 0.3) is 5.91 Å². The molecule has 1 aliphatic heterocycles. The second kappa shape index (κ2) is 5.08. The molecular formula is C13H15NO4. The smallest absolute Gasteiger partial charge is 0.336 e. The number of likely N-dealkylation sites (tertiary alicyclic amines) is 1. The molecular weight excluding hydrogens is 234 g/mol. The summed E-state index contributed by atoms with van der Waals surface area (Å²) in [5.74, 6) is -0.600. The van der Waals surface area contributed by atoms with E-state index < -0.39 is 5.97 Å². The van der Waals surface area contributed by atoms with Gasteiger partial charge in [-0.3, -0.25) is 4.79 Å². The van der Waals surface area contributed by atoms with Gasteiger partial charge in [0.05, 0.1) is 5.56 Å². The monoisotopic (exact) mass is 249 g/mol. The molecule has 0 atom stereocenters. The Labute approximate surface area is 105 Å². The van der Waals surface area contributed by atoms with Crippen molar-refractivity contribution in [1.82, 2.24) is 4.90 Å². The van der Waals surface area contributed by atoms with Crippen molar-refractivity contribution in [2.45, 2.75) is 13.3 Å². The highest BCUT2D eigenvalue weighted by atomic mass is 16.5. The first-order chi connectivity index (χ1) is 8.59. The van der Waals surface area contributed by atoms with Gasteiger partial charge in [-0.05, 0) is 25.5 Å². The van der Waals surface area contributed by atoms with Crippen LogP contribution in [0.2, 0.25) is 0 Å². The van der Waals surface area contributed by atoms with E-state index in [1.165, 1.54) is 6.07 Å². The Balaban J connectivity index is 2.02. The van der Waals surface area contributed by atoms with Gasteiger partial charge in [0.2, 0.25) is 0 Å². The quantitative estimate of drug-likeness (QED) is 0.873. The van der Waals surface area contributed by atoms with E-state index in [4.69, 9.17) is 9.84 Å². The van der Waals surface area contributed by atoms with Crippen LogP contribution in [0.15, 0.2) is 18.2 Å². The van der Waals surface area contributed by atoms with Crippen molar-refractivity contribution in [3.05, 3.63) is 29.3 Å². The average molecular weight is 249 g/mol. The van der Waals surface area contributed by atoms with E-state index in [-0.39, 0.29) is 18.1 Å². The predicted octanol–water partition coefficient (Wildman–Crippen LogP) is 1.30. The van der Waals surface area contributed by atoms with Crippen LogP contribution in [0.3, 0.4) is 0 Å². The number of nitrogens with zero attached hydrogens (tertiary/aromatic N) is 1. The van der Waals surface area contributed by atoms with Crippen LogP contribution in [0.25, 0.3) is 0 Å². The molecule has 0 radical (unpaired) electrons. The lowest BCUT2D eigenvalue weighted by atomic mass is 10.1. The predicted molar refractivity (Wildman–Crippen MR) is 64.8 cm³/mol. The summed E-state index contributed by atoms with van der Waals surface area (Å²) in [5, 5.41) is 8.97. The summed E-state index contributed by atoms with van der Waals surface area (Å²) in [7, 11) is 0. The van der Waals surface area contributed by atoms with E-state index in [2.05, 4.69) is 0 Å². The standard InChI is InChI=1S/C13H15NO4/c1-9-10(13(16)17)4-2-5-11(9)18-8-12(15)14-6-3-7-14/h2,4-5H,3,6-8H2,1H3,(H,16,17). The molecule has 5 heteroatoms. The highest BCUT2D eigenvalue weighted by Gasteiger charge is 2.20. The van der Waals surface area contributed by atoms with Crippen LogP contribution in [-0.2, 0) is 4.79 Å². The zero-order valence-corrected chi connectivity index (χ0v) is 10.2. The molecule has 1 heterocycles. The number of rotatable bonds is 4. The SMILES string of the molecule is Cc1c(OCC(=O)N2CCC2)cccc1C(=O)O. The molecule has 0 bridgehead atoms. The molecule has 0 aromatic heterocycles. The van der Waals surface area contributed by atoms with Gasteiger partial charge in [-0.15, -0.1) is 0 Å². The molecule has 1 aromatic rings. The van der Waals surface area contributed by atoms with Crippen LogP contribution in [-0.4, -0.2) is 41.6 Å². The minimum Gasteiger partial charge on any atom is -0.483 e. The van der Waals surface area contributed by atoms with Gasteiger partial charge in [-0.2, -0.15) is 0 Å². The Hall–Kier alpha value is -2.04. The molecule has 1 amide bonds. The summed E-state index contributed by atoms with van der Waals surface area (Å²) in [6.07, 6.45) is 1.04. The molecule has 18 heavy (non-hydrogen) atoms. The van der Waals surface area contributed by atoms with Gasteiger partial charge in [0.15, 0.2) is 6.61 Å². The lowest BCUT2D eigenvalue weighted by Crippen LogP contribution is -2.44. The summed E-state index contributed by atoms with van der Waals surface area (Å²) < 4.78 is 5.39. The maximum atomic E-state index is 11.6. The van der Waals surface area contributed by atoms with Crippen molar-refractivity contribution in [1.29, 1.82) is 0 Å². The summed E-state index contributed by atoms with van der Waals surface area (Å²) in [5.41, 5.74) is 0.741. The molecule has 0 unspecified atom stereocenters. The first kappa shape index (κ1) is 12.4. The molecule has 2 rings (SSSR count). The number of amides is 1. The fourth-order valence-corrected chi connectivity index (χ4v) is 1.80. The summed E-state index contributed by atoms with van der Waals surface area (Å²) in [6, 6.07) is 4.80. The second-order valence-electron chi connectivity index (χ2n) is 4.26. The van der Waals surface area contributed by atoms with Crippen molar-refractivity contribution in [3.63, 3.8) is 0 Å². The number of aromatic carboxylic acids is 1. The number of ether oxygens (including phenoxy) is 1.